The second-order valence-corrected chi connectivity index (χ2v) is 9.00. The molecule has 2 fully saturated rings. The van der Waals surface area contributed by atoms with Gasteiger partial charge in [-0.1, -0.05) is 4.49 Å². The zero-order chi connectivity index (χ0) is 21.3. The van der Waals surface area contributed by atoms with E-state index in [4.69, 9.17) is 4.98 Å². The predicted molar refractivity (Wildman–Crippen MR) is 114 cm³/mol. The smallest absolute Gasteiger partial charge is 0.267 e. The van der Waals surface area contributed by atoms with E-state index in [9.17, 15) is 9.59 Å². The van der Waals surface area contributed by atoms with Gasteiger partial charge in [0.05, 0.1) is 17.3 Å². The lowest BCUT2D eigenvalue weighted by Gasteiger charge is -2.21. The van der Waals surface area contributed by atoms with Gasteiger partial charge in [-0.05, 0) is 51.2 Å². The van der Waals surface area contributed by atoms with Crippen LogP contribution in [0, 0.1) is 12.8 Å². The Morgan fingerprint density at radius 2 is 2.00 bits per heavy atom. The first kappa shape index (κ1) is 20.6. The maximum Gasteiger partial charge on any atom is 0.267 e. The molecule has 2 aromatic heterocycles. The highest BCUT2D eigenvalue weighted by molar-refractivity contribution is 7.07. The topological polar surface area (TPSA) is 104 Å². The first-order valence-electron chi connectivity index (χ1n) is 10.4. The Hall–Kier alpha value is -2.62. The summed E-state index contributed by atoms with van der Waals surface area (Å²) >= 11 is 1.10. The van der Waals surface area contributed by atoms with Gasteiger partial charge in [0.15, 0.2) is 0 Å². The molecule has 30 heavy (non-hydrogen) atoms. The minimum absolute atomic E-state index is 0.0291. The van der Waals surface area contributed by atoms with E-state index in [-0.39, 0.29) is 29.7 Å². The third-order valence-corrected chi connectivity index (χ3v) is 6.47. The van der Waals surface area contributed by atoms with Crippen molar-refractivity contribution in [2.45, 2.75) is 45.6 Å². The van der Waals surface area contributed by atoms with Crippen molar-refractivity contribution >= 4 is 29.3 Å². The summed E-state index contributed by atoms with van der Waals surface area (Å²) in [5.74, 6) is -0.00986. The number of hydrogen-bond acceptors (Lipinski definition) is 8. The Labute approximate surface area is 180 Å². The van der Waals surface area contributed by atoms with Crippen LogP contribution in [0.15, 0.2) is 12.3 Å². The van der Waals surface area contributed by atoms with Gasteiger partial charge >= 0.3 is 0 Å². The van der Waals surface area contributed by atoms with Crippen LogP contribution in [0.5, 0.6) is 0 Å². The maximum atomic E-state index is 13.1. The molecule has 160 valence electrons. The van der Waals surface area contributed by atoms with E-state index in [1.54, 1.807) is 18.0 Å². The largest absolute Gasteiger partial charge is 0.354 e. The number of nitrogens with one attached hydrogen (secondary N) is 1. The highest BCUT2D eigenvalue weighted by Gasteiger charge is 2.42. The molecule has 2 amide bonds. The van der Waals surface area contributed by atoms with Crippen molar-refractivity contribution in [2.24, 2.45) is 5.92 Å². The van der Waals surface area contributed by atoms with Crippen molar-refractivity contribution in [3.8, 4) is 0 Å². The van der Waals surface area contributed by atoms with Crippen LogP contribution in [0.25, 0.3) is 0 Å². The van der Waals surface area contributed by atoms with Crippen molar-refractivity contribution in [2.75, 3.05) is 31.1 Å². The molecule has 0 bridgehead atoms. The molecule has 2 saturated heterocycles. The third-order valence-electron chi connectivity index (χ3n) is 5.65. The Bertz CT molecular complexity index is 925. The van der Waals surface area contributed by atoms with Crippen LogP contribution in [-0.4, -0.2) is 68.5 Å². The predicted octanol–water partition coefficient (Wildman–Crippen LogP) is 1.62. The van der Waals surface area contributed by atoms with E-state index in [2.05, 4.69) is 24.8 Å². The van der Waals surface area contributed by atoms with Crippen molar-refractivity contribution in [1.82, 2.24) is 29.8 Å². The Morgan fingerprint density at radius 3 is 2.67 bits per heavy atom. The lowest BCUT2D eigenvalue weighted by molar-refractivity contribution is -0.125. The van der Waals surface area contributed by atoms with Crippen molar-refractivity contribution in [3.05, 3.63) is 28.5 Å². The maximum absolute atomic E-state index is 13.1. The summed E-state index contributed by atoms with van der Waals surface area (Å²) in [7, 11) is 0. The number of nitrogens with zero attached hydrogens (tertiary/aromatic N) is 6. The number of aryl methyl sites for hydroxylation is 1. The molecule has 1 N–H and O–H groups in total. The summed E-state index contributed by atoms with van der Waals surface area (Å²) in [5.41, 5.74) is 1.43. The van der Waals surface area contributed by atoms with Crippen LogP contribution in [-0.2, 0) is 4.79 Å². The first-order chi connectivity index (χ1) is 14.4. The Kier molecular flexibility index (Phi) is 5.94. The first-order valence-corrected chi connectivity index (χ1v) is 11.2. The number of hydrogen-bond donors (Lipinski definition) is 1. The summed E-state index contributed by atoms with van der Waals surface area (Å²) in [5, 5.41) is 6.96. The Morgan fingerprint density at radius 1 is 1.23 bits per heavy atom. The summed E-state index contributed by atoms with van der Waals surface area (Å²) in [6.07, 6.45) is 4.04. The van der Waals surface area contributed by atoms with Crippen molar-refractivity contribution in [3.63, 3.8) is 0 Å². The van der Waals surface area contributed by atoms with E-state index in [1.165, 1.54) is 0 Å². The average molecular weight is 430 g/mol. The van der Waals surface area contributed by atoms with E-state index < -0.39 is 0 Å². The number of aromatic nitrogens is 4. The van der Waals surface area contributed by atoms with Gasteiger partial charge in [-0.25, -0.2) is 9.97 Å². The number of anilines is 1. The standard InChI is InChI=1S/C20H27N7O2S/c1-12(2)22-18(28)15-11-27(19(29)17-13(3)24-25-30-17)10-14(15)16-6-7-21-20(23-16)26-8-4-5-9-26/h6-7,12,14-15H,4-5,8-11H2,1-3H3,(H,22,28)/t14-,15-/m0/s1. The lowest BCUT2D eigenvalue weighted by Crippen LogP contribution is -2.39. The number of carbonyl (C=O) groups excluding carboxylic acids is 2. The molecule has 9 nitrogen and oxygen atoms in total. The number of carbonyl (C=O) groups is 2. The zero-order valence-electron chi connectivity index (χ0n) is 17.5. The van der Waals surface area contributed by atoms with Crippen LogP contribution in [0.4, 0.5) is 5.95 Å². The average Bonchev–Trinajstić information content (AvgIpc) is 3.47. The molecule has 2 aromatic rings. The van der Waals surface area contributed by atoms with Gasteiger partial charge in [-0.2, -0.15) is 0 Å². The quantitative estimate of drug-likeness (QED) is 0.770. The van der Waals surface area contributed by atoms with Crippen molar-refractivity contribution < 1.29 is 9.59 Å². The molecule has 0 radical (unpaired) electrons. The minimum atomic E-state index is -0.362. The van der Waals surface area contributed by atoms with E-state index in [0.29, 0.717) is 29.6 Å². The van der Waals surface area contributed by atoms with Crippen LogP contribution >= 0.6 is 11.5 Å². The van der Waals surface area contributed by atoms with Gasteiger partial charge < -0.3 is 15.1 Å². The third kappa shape index (κ3) is 4.14. The molecule has 0 saturated carbocycles. The molecule has 0 aromatic carbocycles. The van der Waals surface area contributed by atoms with Gasteiger partial charge in [0.25, 0.3) is 5.91 Å². The number of rotatable bonds is 5. The van der Waals surface area contributed by atoms with Crippen LogP contribution in [0.3, 0.4) is 0 Å². The molecule has 2 atom stereocenters. The molecular formula is C20H27N7O2S. The van der Waals surface area contributed by atoms with Gasteiger partial charge in [0.2, 0.25) is 11.9 Å². The zero-order valence-corrected chi connectivity index (χ0v) is 18.4. The van der Waals surface area contributed by atoms with Gasteiger partial charge in [0.1, 0.15) is 4.88 Å². The normalized spacial score (nSPS) is 21.5. The van der Waals surface area contributed by atoms with Crippen molar-refractivity contribution in [1.29, 1.82) is 0 Å². The summed E-state index contributed by atoms with van der Waals surface area (Å²) in [4.78, 5) is 39.7. The van der Waals surface area contributed by atoms with E-state index in [0.717, 1.165) is 43.2 Å². The molecule has 4 heterocycles. The minimum Gasteiger partial charge on any atom is -0.354 e. The molecule has 2 aliphatic heterocycles. The van der Waals surface area contributed by atoms with Gasteiger partial charge in [-0.3, -0.25) is 9.59 Å². The summed E-state index contributed by atoms with van der Waals surface area (Å²) < 4.78 is 3.88. The monoisotopic (exact) mass is 429 g/mol. The van der Waals surface area contributed by atoms with Crippen LogP contribution in [0.2, 0.25) is 0 Å². The molecule has 0 spiro atoms. The van der Waals surface area contributed by atoms with Crippen LogP contribution < -0.4 is 10.2 Å². The Balaban J connectivity index is 1.61. The second-order valence-electron chi connectivity index (χ2n) is 8.25. The molecule has 0 unspecified atom stereocenters. The molecule has 10 heteroatoms. The molecule has 4 rings (SSSR count). The fraction of sp³-hybridized carbons (Fsp3) is 0.600. The van der Waals surface area contributed by atoms with Crippen LogP contribution in [0.1, 0.15) is 53.7 Å². The fourth-order valence-electron chi connectivity index (χ4n) is 4.14. The molecule has 0 aliphatic carbocycles. The summed E-state index contributed by atoms with van der Waals surface area (Å²) in [6.45, 7) is 8.34. The van der Waals surface area contributed by atoms with E-state index >= 15 is 0 Å². The highest BCUT2D eigenvalue weighted by Crippen LogP contribution is 2.34. The lowest BCUT2D eigenvalue weighted by atomic mass is 9.91. The summed E-state index contributed by atoms with van der Waals surface area (Å²) in [6, 6.07) is 1.90. The number of likely N-dealkylation sites (tertiary alicyclic amines) is 1. The van der Waals surface area contributed by atoms with Gasteiger partial charge in [0, 0.05) is 44.3 Å². The molecule has 2 aliphatic rings. The second kappa shape index (κ2) is 8.63. The van der Waals surface area contributed by atoms with Gasteiger partial charge in [-0.15, -0.1) is 5.10 Å². The highest BCUT2D eigenvalue weighted by atomic mass is 32.1. The number of amides is 2. The fourth-order valence-corrected chi connectivity index (χ4v) is 4.76. The molecular weight excluding hydrogens is 402 g/mol. The van der Waals surface area contributed by atoms with E-state index in [1.807, 2.05) is 19.9 Å². The SMILES string of the molecule is Cc1nnsc1C(=O)N1C[C@H](C(=O)NC(C)C)[C@@H](c2ccnc(N3CCCC3)n2)C1.